The summed E-state index contributed by atoms with van der Waals surface area (Å²) in [7, 11) is 0. The van der Waals surface area contributed by atoms with Crippen molar-refractivity contribution < 1.29 is 4.74 Å². The van der Waals surface area contributed by atoms with Gasteiger partial charge in [0.2, 0.25) is 0 Å². The zero-order valence-corrected chi connectivity index (χ0v) is 13.1. The highest BCUT2D eigenvalue weighted by Gasteiger charge is 2.20. The second-order valence-corrected chi connectivity index (χ2v) is 5.79. The molecule has 0 spiro atoms. The van der Waals surface area contributed by atoms with E-state index in [1.54, 1.807) is 0 Å². The SMILES string of the molecule is CCc1cc(Br)ccc1-n1cncc1C1CNCCO1. The second kappa shape index (κ2) is 6.08. The summed E-state index contributed by atoms with van der Waals surface area (Å²) in [6, 6.07) is 6.36. The molecule has 0 amide bonds. The predicted molar refractivity (Wildman–Crippen MR) is 82.2 cm³/mol. The number of halogens is 1. The number of morpholine rings is 1. The van der Waals surface area contributed by atoms with Crippen LogP contribution >= 0.6 is 15.9 Å². The van der Waals surface area contributed by atoms with Crippen LogP contribution in [0.2, 0.25) is 0 Å². The highest BCUT2D eigenvalue weighted by Crippen LogP contribution is 2.26. The van der Waals surface area contributed by atoms with Crippen LogP contribution in [0, 0.1) is 0 Å². The van der Waals surface area contributed by atoms with E-state index < -0.39 is 0 Å². The van der Waals surface area contributed by atoms with E-state index in [1.807, 2.05) is 12.5 Å². The fourth-order valence-corrected chi connectivity index (χ4v) is 2.98. The predicted octanol–water partition coefficient (Wildman–Crippen LogP) is 2.86. The fraction of sp³-hybridized carbons (Fsp3) is 0.400. The van der Waals surface area contributed by atoms with Crippen molar-refractivity contribution in [2.45, 2.75) is 19.4 Å². The molecule has 1 fully saturated rings. The molecule has 0 radical (unpaired) electrons. The van der Waals surface area contributed by atoms with E-state index in [9.17, 15) is 0 Å². The van der Waals surface area contributed by atoms with Gasteiger partial charge in [0, 0.05) is 17.6 Å². The maximum Gasteiger partial charge on any atom is 0.112 e. The maximum atomic E-state index is 5.85. The molecule has 106 valence electrons. The van der Waals surface area contributed by atoms with Crippen molar-refractivity contribution in [3.8, 4) is 5.69 Å². The van der Waals surface area contributed by atoms with E-state index in [4.69, 9.17) is 4.74 Å². The Labute approximate surface area is 127 Å². The van der Waals surface area contributed by atoms with Gasteiger partial charge in [0.05, 0.1) is 30.5 Å². The Morgan fingerprint density at radius 1 is 1.50 bits per heavy atom. The lowest BCUT2D eigenvalue weighted by atomic mass is 10.1. The average Bonchev–Trinajstić information content (AvgIpc) is 2.97. The van der Waals surface area contributed by atoms with Crippen molar-refractivity contribution in [2.24, 2.45) is 0 Å². The molecule has 1 aliphatic rings. The van der Waals surface area contributed by atoms with Crippen LogP contribution in [-0.4, -0.2) is 29.2 Å². The van der Waals surface area contributed by atoms with Gasteiger partial charge >= 0.3 is 0 Å². The third-order valence-electron chi connectivity index (χ3n) is 3.61. The highest BCUT2D eigenvalue weighted by molar-refractivity contribution is 9.10. The minimum absolute atomic E-state index is 0.0691. The number of nitrogens with zero attached hydrogens (tertiary/aromatic N) is 2. The number of imidazole rings is 1. The summed E-state index contributed by atoms with van der Waals surface area (Å²) in [5, 5.41) is 3.37. The van der Waals surface area contributed by atoms with Gasteiger partial charge in [-0.25, -0.2) is 4.98 Å². The summed E-state index contributed by atoms with van der Waals surface area (Å²) >= 11 is 3.54. The van der Waals surface area contributed by atoms with Crippen LogP contribution in [0.5, 0.6) is 0 Å². The molecule has 2 heterocycles. The minimum atomic E-state index is 0.0691. The van der Waals surface area contributed by atoms with Gasteiger partial charge in [-0.05, 0) is 30.2 Å². The summed E-state index contributed by atoms with van der Waals surface area (Å²) in [6.45, 7) is 4.67. The lowest BCUT2D eigenvalue weighted by molar-refractivity contribution is 0.0240. The van der Waals surface area contributed by atoms with E-state index >= 15 is 0 Å². The summed E-state index contributed by atoms with van der Waals surface area (Å²) in [6.07, 6.45) is 4.82. The summed E-state index contributed by atoms with van der Waals surface area (Å²) in [4.78, 5) is 4.32. The summed E-state index contributed by atoms with van der Waals surface area (Å²) in [5.41, 5.74) is 3.58. The normalized spacial score (nSPS) is 19.2. The molecule has 3 rings (SSSR count). The highest BCUT2D eigenvalue weighted by atomic mass is 79.9. The molecule has 1 unspecified atom stereocenters. The molecule has 1 atom stereocenters. The first-order valence-electron chi connectivity index (χ1n) is 6.93. The van der Waals surface area contributed by atoms with Gasteiger partial charge in [-0.15, -0.1) is 0 Å². The molecular formula is C15H18BrN3O. The molecule has 0 saturated carbocycles. The zero-order valence-electron chi connectivity index (χ0n) is 11.5. The topological polar surface area (TPSA) is 39.1 Å². The van der Waals surface area contributed by atoms with Crippen LogP contribution in [0.15, 0.2) is 35.2 Å². The van der Waals surface area contributed by atoms with Crippen LogP contribution in [0.25, 0.3) is 5.69 Å². The van der Waals surface area contributed by atoms with E-state index in [0.29, 0.717) is 0 Å². The van der Waals surface area contributed by atoms with Crippen LogP contribution < -0.4 is 5.32 Å². The fourth-order valence-electron chi connectivity index (χ4n) is 2.57. The number of rotatable bonds is 3. The number of hydrogen-bond donors (Lipinski definition) is 1. The molecule has 0 bridgehead atoms. The summed E-state index contributed by atoms with van der Waals surface area (Å²) < 4.78 is 9.10. The number of aromatic nitrogens is 2. The van der Waals surface area contributed by atoms with Gasteiger partial charge in [-0.2, -0.15) is 0 Å². The van der Waals surface area contributed by atoms with Gasteiger partial charge in [-0.1, -0.05) is 22.9 Å². The van der Waals surface area contributed by atoms with E-state index in [-0.39, 0.29) is 6.10 Å². The minimum Gasteiger partial charge on any atom is -0.369 e. The van der Waals surface area contributed by atoms with Gasteiger partial charge < -0.3 is 14.6 Å². The van der Waals surface area contributed by atoms with Crippen LogP contribution in [0.1, 0.15) is 24.3 Å². The van der Waals surface area contributed by atoms with Gasteiger partial charge in [-0.3, -0.25) is 0 Å². The monoisotopic (exact) mass is 335 g/mol. The molecule has 20 heavy (non-hydrogen) atoms. The van der Waals surface area contributed by atoms with Crippen molar-refractivity contribution in [3.63, 3.8) is 0 Å². The van der Waals surface area contributed by atoms with E-state index in [1.165, 1.54) is 11.3 Å². The van der Waals surface area contributed by atoms with Crippen LogP contribution in [0.3, 0.4) is 0 Å². The van der Waals surface area contributed by atoms with Gasteiger partial charge in [0.15, 0.2) is 0 Å². The van der Waals surface area contributed by atoms with Crippen LogP contribution in [0.4, 0.5) is 0 Å². The Bertz CT molecular complexity index is 591. The molecule has 1 saturated heterocycles. The average molecular weight is 336 g/mol. The maximum absolute atomic E-state index is 5.85. The van der Waals surface area contributed by atoms with Crippen LogP contribution in [-0.2, 0) is 11.2 Å². The first-order chi connectivity index (χ1) is 9.79. The number of ether oxygens (including phenoxy) is 1. The van der Waals surface area contributed by atoms with Gasteiger partial charge in [0.25, 0.3) is 0 Å². The summed E-state index contributed by atoms with van der Waals surface area (Å²) in [5.74, 6) is 0. The first kappa shape index (κ1) is 13.8. The second-order valence-electron chi connectivity index (χ2n) is 4.88. The van der Waals surface area contributed by atoms with Crippen molar-refractivity contribution in [1.82, 2.24) is 14.9 Å². The molecule has 2 aromatic rings. The zero-order chi connectivity index (χ0) is 13.9. The third kappa shape index (κ3) is 2.66. The first-order valence-corrected chi connectivity index (χ1v) is 7.72. The quantitative estimate of drug-likeness (QED) is 0.937. The van der Waals surface area contributed by atoms with E-state index in [0.717, 1.165) is 36.3 Å². The molecular weight excluding hydrogens is 318 g/mol. The molecule has 0 aliphatic carbocycles. The Morgan fingerprint density at radius 2 is 2.40 bits per heavy atom. The molecule has 1 N–H and O–H groups in total. The van der Waals surface area contributed by atoms with E-state index in [2.05, 4.69) is 55.9 Å². The van der Waals surface area contributed by atoms with Gasteiger partial charge in [0.1, 0.15) is 6.10 Å². The Hall–Kier alpha value is -1.17. The largest absolute Gasteiger partial charge is 0.369 e. The lowest BCUT2D eigenvalue weighted by Crippen LogP contribution is -2.34. The number of aryl methyl sites for hydroxylation is 1. The number of hydrogen-bond acceptors (Lipinski definition) is 3. The third-order valence-corrected chi connectivity index (χ3v) is 4.10. The molecule has 4 nitrogen and oxygen atoms in total. The molecule has 1 aliphatic heterocycles. The molecule has 1 aromatic heterocycles. The van der Waals surface area contributed by atoms with Crippen molar-refractivity contribution >= 4 is 15.9 Å². The Morgan fingerprint density at radius 3 is 3.15 bits per heavy atom. The lowest BCUT2D eigenvalue weighted by Gasteiger charge is -2.25. The van der Waals surface area contributed by atoms with Crippen molar-refractivity contribution in [2.75, 3.05) is 19.7 Å². The smallest absolute Gasteiger partial charge is 0.112 e. The standard InChI is InChI=1S/C15H18BrN3O/c1-2-11-7-12(16)3-4-13(11)19-10-18-8-14(19)15-9-17-5-6-20-15/h3-4,7-8,10,15,17H,2,5-6,9H2,1H3. The Kier molecular flexibility index (Phi) is 4.19. The number of benzene rings is 1. The molecule has 1 aromatic carbocycles. The van der Waals surface area contributed by atoms with Crippen molar-refractivity contribution in [3.05, 3.63) is 46.5 Å². The number of nitrogens with one attached hydrogen (secondary N) is 1. The molecule has 5 heteroatoms. The van der Waals surface area contributed by atoms with Crippen molar-refractivity contribution in [1.29, 1.82) is 0 Å². The Balaban J connectivity index is 2.00.